The SMILES string of the molecule is CC(CNS(=O)(=O)C(C)C)C1CC=C(c2ccc(CC#N)cc2)CC1. The van der Waals surface area contributed by atoms with Gasteiger partial charge in [-0.2, -0.15) is 5.26 Å². The lowest BCUT2D eigenvalue weighted by Gasteiger charge is -2.28. The summed E-state index contributed by atoms with van der Waals surface area (Å²) in [5.74, 6) is 0.834. The third-order valence-electron chi connectivity index (χ3n) is 5.09. The van der Waals surface area contributed by atoms with Crippen LogP contribution < -0.4 is 4.72 Å². The smallest absolute Gasteiger partial charge is 0.213 e. The van der Waals surface area contributed by atoms with Crippen LogP contribution in [0.3, 0.4) is 0 Å². The van der Waals surface area contributed by atoms with Crippen molar-refractivity contribution in [1.82, 2.24) is 4.72 Å². The van der Waals surface area contributed by atoms with Gasteiger partial charge in [0.1, 0.15) is 0 Å². The Morgan fingerprint density at radius 3 is 2.44 bits per heavy atom. The van der Waals surface area contributed by atoms with Gasteiger partial charge in [0.2, 0.25) is 10.0 Å². The molecular weight excluding hydrogens is 332 g/mol. The van der Waals surface area contributed by atoms with Gasteiger partial charge in [0, 0.05) is 6.54 Å². The molecule has 1 aliphatic carbocycles. The highest BCUT2D eigenvalue weighted by Gasteiger charge is 2.23. The normalized spacial score (nSPS) is 19.3. The first-order chi connectivity index (χ1) is 11.8. The number of nitrogens with zero attached hydrogens (tertiary/aromatic N) is 1. The van der Waals surface area contributed by atoms with Gasteiger partial charge in [-0.1, -0.05) is 37.3 Å². The second kappa shape index (κ2) is 8.64. The minimum absolute atomic E-state index is 0.323. The highest BCUT2D eigenvalue weighted by Crippen LogP contribution is 2.34. The number of hydrogen-bond donors (Lipinski definition) is 1. The number of nitriles is 1. The summed E-state index contributed by atoms with van der Waals surface area (Å²) in [5, 5.41) is 8.35. The molecule has 25 heavy (non-hydrogen) atoms. The number of sulfonamides is 1. The van der Waals surface area contributed by atoms with Gasteiger partial charge in [-0.15, -0.1) is 0 Å². The Morgan fingerprint density at radius 1 is 1.24 bits per heavy atom. The van der Waals surface area contributed by atoms with Crippen LogP contribution in [0.2, 0.25) is 0 Å². The molecule has 0 heterocycles. The Hall–Kier alpha value is -1.64. The van der Waals surface area contributed by atoms with E-state index >= 15 is 0 Å². The molecule has 0 aliphatic heterocycles. The third-order valence-corrected chi connectivity index (χ3v) is 6.90. The molecule has 1 aromatic carbocycles. The number of benzene rings is 1. The summed E-state index contributed by atoms with van der Waals surface area (Å²) < 4.78 is 26.5. The quantitative estimate of drug-likeness (QED) is 0.802. The Labute approximate surface area is 152 Å². The molecule has 1 aliphatic rings. The van der Waals surface area contributed by atoms with Crippen molar-refractivity contribution >= 4 is 15.6 Å². The van der Waals surface area contributed by atoms with Crippen LogP contribution >= 0.6 is 0 Å². The summed E-state index contributed by atoms with van der Waals surface area (Å²) in [6.07, 6.45) is 5.83. The average Bonchev–Trinajstić information content (AvgIpc) is 2.61. The molecule has 2 rings (SSSR count). The van der Waals surface area contributed by atoms with E-state index in [1.54, 1.807) is 13.8 Å². The van der Waals surface area contributed by atoms with E-state index in [0.29, 0.717) is 24.8 Å². The Bertz CT molecular complexity index is 743. The summed E-state index contributed by atoms with van der Waals surface area (Å²) in [7, 11) is -3.18. The maximum absolute atomic E-state index is 11.9. The molecule has 0 aromatic heterocycles. The zero-order chi connectivity index (χ0) is 18.4. The van der Waals surface area contributed by atoms with Crippen LogP contribution in [0.4, 0.5) is 0 Å². The van der Waals surface area contributed by atoms with Gasteiger partial charge in [0.05, 0.1) is 17.7 Å². The van der Waals surface area contributed by atoms with E-state index in [1.807, 2.05) is 12.1 Å². The van der Waals surface area contributed by atoms with Crippen LogP contribution in [0, 0.1) is 23.2 Å². The summed E-state index contributed by atoms with van der Waals surface area (Å²) in [5.41, 5.74) is 3.63. The first-order valence-electron chi connectivity index (χ1n) is 8.97. The van der Waals surface area contributed by atoms with E-state index in [-0.39, 0.29) is 5.25 Å². The molecule has 0 saturated heterocycles. The van der Waals surface area contributed by atoms with Crippen LogP contribution in [0.1, 0.15) is 51.2 Å². The van der Waals surface area contributed by atoms with Gasteiger partial charge in [-0.25, -0.2) is 13.1 Å². The van der Waals surface area contributed by atoms with Gasteiger partial charge >= 0.3 is 0 Å². The standard InChI is InChI=1S/C20H28N2O2S/c1-15(2)25(23,24)22-14-16(3)18-8-10-20(11-9-18)19-6-4-17(5-7-19)12-13-21/h4-7,10,15-16,18,22H,8-9,11-12,14H2,1-3H3. The zero-order valence-electron chi connectivity index (χ0n) is 15.3. The van der Waals surface area contributed by atoms with Crippen molar-refractivity contribution in [3.05, 3.63) is 41.5 Å². The van der Waals surface area contributed by atoms with Crippen molar-refractivity contribution in [1.29, 1.82) is 5.26 Å². The van der Waals surface area contributed by atoms with Gasteiger partial charge in [-0.05, 0) is 61.6 Å². The van der Waals surface area contributed by atoms with E-state index in [2.05, 4.69) is 35.9 Å². The molecule has 2 atom stereocenters. The van der Waals surface area contributed by atoms with Crippen LogP contribution in [-0.2, 0) is 16.4 Å². The zero-order valence-corrected chi connectivity index (χ0v) is 16.1. The highest BCUT2D eigenvalue weighted by molar-refractivity contribution is 7.90. The molecule has 0 saturated carbocycles. The maximum Gasteiger partial charge on any atom is 0.213 e. The molecule has 1 N–H and O–H groups in total. The van der Waals surface area contributed by atoms with E-state index in [1.165, 1.54) is 11.1 Å². The van der Waals surface area contributed by atoms with E-state index in [9.17, 15) is 8.42 Å². The predicted octanol–water partition coefficient (Wildman–Crippen LogP) is 3.90. The van der Waals surface area contributed by atoms with E-state index in [4.69, 9.17) is 5.26 Å². The number of nitrogens with one attached hydrogen (secondary N) is 1. The van der Waals surface area contributed by atoms with Crippen molar-refractivity contribution < 1.29 is 8.42 Å². The molecule has 1 aromatic rings. The average molecular weight is 361 g/mol. The largest absolute Gasteiger partial charge is 0.215 e. The van der Waals surface area contributed by atoms with Gasteiger partial charge < -0.3 is 0 Å². The number of hydrogen-bond acceptors (Lipinski definition) is 3. The summed E-state index contributed by atoms with van der Waals surface area (Å²) >= 11 is 0. The molecule has 4 nitrogen and oxygen atoms in total. The molecular formula is C20H28N2O2S. The van der Waals surface area contributed by atoms with E-state index < -0.39 is 10.0 Å². The van der Waals surface area contributed by atoms with Gasteiger partial charge in [-0.3, -0.25) is 0 Å². The summed E-state index contributed by atoms with van der Waals surface area (Å²) in [6.45, 7) is 6.04. The summed E-state index contributed by atoms with van der Waals surface area (Å²) in [6, 6.07) is 10.4. The Kier molecular flexibility index (Phi) is 6.80. The van der Waals surface area contributed by atoms with Gasteiger partial charge in [0.25, 0.3) is 0 Å². The molecule has 0 bridgehead atoms. The first kappa shape index (κ1) is 19.7. The molecule has 0 spiro atoms. The van der Waals surface area contributed by atoms with Crippen LogP contribution in [0.5, 0.6) is 0 Å². The van der Waals surface area contributed by atoms with Crippen molar-refractivity contribution in [3.63, 3.8) is 0 Å². The van der Waals surface area contributed by atoms with Crippen molar-refractivity contribution in [2.45, 2.75) is 51.7 Å². The lowest BCUT2D eigenvalue weighted by Crippen LogP contribution is -2.36. The third kappa shape index (κ3) is 5.42. The lowest BCUT2D eigenvalue weighted by molar-refractivity contribution is 0.334. The molecule has 2 unspecified atom stereocenters. The maximum atomic E-state index is 11.9. The van der Waals surface area contributed by atoms with Crippen molar-refractivity contribution in [2.75, 3.05) is 6.54 Å². The van der Waals surface area contributed by atoms with E-state index in [0.717, 1.165) is 24.8 Å². The second-order valence-electron chi connectivity index (χ2n) is 7.22. The first-order valence-corrected chi connectivity index (χ1v) is 10.5. The monoisotopic (exact) mass is 360 g/mol. The molecule has 0 fully saturated rings. The van der Waals surface area contributed by atoms with Crippen molar-refractivity contribution in [2.24, 2.45) is 11.8 Å². The minimum atomic E-state index is -3.18. The second-order valence-corrected chi connectivity index (χ2v) is 9.54. The fraction of sp³-hybridized carbons (Fsp3) is 0.550. The number of allylic oxidation sites excluding steroid dienone is 2. The van der Waals surface area contributed by atoms with Crippen LogP contribution in [0.15, 0.2) is 30.3 Å². The Balaban J connectivity index is 1.92. The lowest BCUT2D eigenvalue weighted by atomic mass is 9.80. The minimum Gasteiger partial charge on any atom is -0.215 e. The predicted molar refractivity (Wildman–Crippen MR) is 102 cm³/mol. The number of rotatable bonds is 7. The molecule has 0 radical (unpaired) electrons. The topological polar surface area (TPSA) is 70.0 Å². The van der Waals surface area contributed by atoms with Crippen LogP contribution in [-0.4, -0.2) is 20.2 Å². The molecule has 5 heteroatoms. The van der Waals surface area contributed by atoms with Crippen molar-refractivity contribution in [3.8, 4) is 6.07 Å². The Morgan fingerprint density at radius 2 is 1.92 bits per heavy atom. The fourth-order valence-electron chi connectivity index (χ4n) is 3.14. The molecule has 0 amide bonds. The highest BCUT2D eigenvalue weighted by atomic mass is 32.2. The van der Waals surface area contributed by atoms with Crippen LogP contribution in [0.25, 0.3) is 5.57 Å². The fourth-order valence-corrected chi connectivity index (χ4v) is 3.97. The summed E-state index contributed by atoms with van der Waals surface area (Å²) in [4.78, 5) is 0. The molecule has 136 valence electrons. The van der Waals surface area contributed by atoms with Gasteiger partial charge in [0.15, 0.2) is 0 Å².